The summed E-state index contributed by atoms with van der Waals surface area (Å²) in [6.45, 7) is 1.71. The Morgan fingerprint density at radius 2 is 1.87 bits per heavy atom. The molecule has 0 radical (unpaired) electrons. The molecular weight excluding hydrogens is 356 g/mol. The Labute approximate surface area is 142 Å². The zero-order valence-corrected chi connectivity index (χ0v) is 14.3. The van der Waals surface area contributed by atoms with Crippen LogP contribution in [0, 0.1) is 6.92 Å². The zero-order valence-electron chi connectivity index (χ0n) is 11.9. The molecule has 0 aliphatic carbocycles. The van der Waals surface area contributed by atoms with Gasteiger partial charge in [0.1, 0.15) is 4.90 Å². The minimum atomic E-state index is -3.93. The maximum Gasteiger partial charge on any atom is 0.284 e. The van der Waals surface area contributed by atoms with Gasteiger partial charge in [0.05, 0.1) is 0 Å². The molecule has 1 aliphatic heterocycles. The summed E-state index contributed by atoms with van der Waals surface area (Å²) in [5.41, 5.74) is 7.06. The number of anilines is 1. The van der Waals surface area contributed by atoms with Crippen molar-refractivity contribution in [2.75, 3.05) is 5.73 Å². The SMILES string of the molecule is Cc1cc2c(cc1Cl)SC(C(=O)c1ccc(N)cc1)=NS2(=O)=O. The molecule has 0 amide bonds. The van der Waals surface area contributed by atoms with E-state index in [1.807, 2.05) is 0 Å². The van der Waals surface area contributed by atoms with Gasteiger partial charge in [-0.3, -0.25) is 4.79 Å². The molecule has 0 unspecified atom stereocenters. The van der Waals surface area contributed by atoms with Gasteiger partial charge in [-0.25, -0.2) is 0 Å². The van der Waals surface area contributed by atoms with Crippen LogP contribution < -0.4 is 5.73 Å². The van der Waals surface area contributed by atoms with Crippen LogP contribution in [0.25, 0.3) is 0 Å². The number of Topliss-reactive ketones (excluding diaryl/α,β-unsaturated/α-hetero) is 1. The number of fused-ring (bicyclic) bond motifs is 1. The van der Waals surface area contributed by atoms with E-state index in [1.165, 1.54) is 18.2 Å². The van der Waals surface area contributed by atoms with E-state index in [1.54, 1.807) is 25.1 Å². The summed E-state index contributed by atoms with van der Waals surface area (Å²) in [6.07, 6.45) is 0. The molecule has 1 heterocycles. The van der Waals surface area contributed by atoms with Crippen LogP contribution in [-0.4, -0.2) is 19.2 Å². The highest BCUT2D eigenvalue weighted by molar-refractivity contribution is 8.17. The zero-order chi connectivity index (χ0) is 16.8. The van der Waals surface area contributed by atoms with E-state index in [-0.39, 0.29) is 9.94 Å². The van der Waals surface area contributed by atoms with Crippen LogP contribution in [0.4, 0.5) is 5.69 Å². The van der Waals surface area contributed by atoms with Gasteiger partial charge < -0.3 is 5.73 Å². The monoisotopic (exact) mass is 366 g/mol. The van der Waals surface area contributed by atoms with E-state index >= 15 is 0 Å². The maximum atomic E-state index is 12.5. The number of sulfonamides is 1. The number of benzene rings is 2. The lowest BCUT2D eigenvalue weighted by Gasteiger charge is -2.16. The summed E-state index contributed by atoms with van der Waals surface area (Å²) in [7, 11) is -3.93. The highest BCUT2D eigenvalue weighted by atomic mass is 35.5. The average molecular weight is 367 g/mol. The van der Waals surface area contributed by atoms with E-state index in [2.05, 4.69) is 4.40 Å². The molecular formula is C15H11ClN2O3S2. The molecule has 2 N–H and O–H groups in total. The van der Waals surface area contributed by atoms with Crippen LogP contribution in [-0.2, 0) is 10.0 Å². The van der Waals surface area contributed by atoms with Gasteiger partial charge >= 0.3 is 0 Å². The molecule has 5 nitrogen and oxygen atoms in total. The van der Waals surface area contributed by atoms with Gasteiger partial charge in [0.15, 0.2) is 5.04 Å². The lowest BCUT2D eigenvalue weighted by Crippen LogP contribution is -2.18. The Kier molecular flexibility index (Phi) is 3.95. The number of rotatable bonds is 2. The van der Waals surface area contributed by atoms with Crippen molar-refractivity contribution in [1.29, 1.82) is 0 Å². The third-order valence-electron chi connectivity index (χ3n) is 3.28. The van der Waals surface area contributed by atoms with Crippen molar-refractivity contribution in [1.82, 2.24) is 0 Å². The Morgan fingerprint density at radius 1 is 1.22 bits per heavy atom. The number of aryl methyl sites for hydroxylation is 1. The summed E-state index contributed by atoms with van der Waals surface area (Å²) in [5.74, 6) is -0.471. The number of ketones is 1. The second-order valence-corrected chi connectivity index (χ2v) is 7.98. The number of nitrogens with zero attached hydrogens (tertiary/aromatic N) is 1. The van der Waals surface area contributed by atoms with Crippen LogP contribution in [0.3, 0.4) is 0 Å². The Balaban J connectivity index is 2.06. The fourth-order valence-electron chi connectivity index (χ4n) is 2.05. The minimum Gasteiger partial charge on any atom is -0.399 e. The topological polar surface area (TPSA) is 89.6 Å². The summed E-state index contributed by atoms with van der Waals surface area (Å²) in [4.78, 5) is 12.9. The van der Waals surface area contributed by atoms with Gasteiger partial charge in [0, 0.05) is 21.2 Å². The molecule has 1 aliphatic rings. The van der Waals surface area contributed by atoms with Crippen molar-refractivity contribution in [2.45, 2.75) is 16.7 Å². The van der Waals surface area contributed by atoms with Gasteiger partial charge in [-0.2, -0.15) is 8.42 Å². The molecule has 118 valence electrons. The first-order valence-electron chi connectivity index (χ1n) is 6.51. The third-order valence-corrected chi connectivity index (χ3v) is 6.28. The molecule has 2 aromatic rings. The van der Waals surface area contributed by atoms with E-state index < -0.39 is 15.8 Å². The Morgan fingerprint density at radius 3 is 2.52 bits per heavy atom. The fraction of sp³-hybridized carbons (Fsp3) is 0.0667. The predicted octanol–water partition coefficient (Wildman–Crippen LogP) is 3.31. The molecule has 0 bridgehead atoms. The van der Waals surface area contributed by atoms with Crippen molar-refractivity contribution in [3.63, 3.8) is 0 Å². The predicted molar refractivity (Wildman–Crippen MR) is 91.9 cm³/mol. The van der Waals surface area contributed by atoms with E-state index in [4.69, 9.17) is 17.3 Å². The molecule has 0 spiro atoms. The van der Waals surface area contributed by atoms with Crippen molar-refractivity contribution in [2.24, 2.45) is 4.40 Å². The van der Waals surface area contributed by atoms with E-state index in [9.17, 15) is 13.2 Å². The maximum absolute atomic E-state index is 12.5. The van der Waals surface area contributed by atoms with Crippen LogP contribution in [0.15, 0.2) is 50.6 Å². The molecule has 3 rings (SSSR count). The van der Waals surface area contributed by atoms with Crippen LogP contribution in [0.2, 0.25) is 5.02 Å². The summed E-state index contributed by atoms with van der Waals surface area (Å²) in [6, 6.07) is 9.22. The number of carbonyl (C=O) groups is 1. The van der Waals surface area contributed by atoms with Crippen molar-refractivity contribution < 1.29 is 13.2 Å². The molecule has 0 saturated heterocycles. The normalized spacial score (nSPS) is 15.7. The first-order valence-corrected chi connectivity index (χ1v) is 9.14. The molecule has 0 fully saturated rings. The van der Waals surface area contributed by atoms with Crippen LogP contribution in [0.1, 0.15) is 15.9 Å². The van der Waals surface area contributed by atoms with Crippen molar-refractivity contribution in [3.05, 3.63) is 52.5 Å². The highest BCUT2D eigenvalue weighted by Gasteiger charge is 2.30. The average Bonchev–Trinajstić information content (AvgIpc) is 2.49. The first-order chi connectivity index (χ1) is 10.8. The number of hydrogen-bond acceptors (Lipinski definition) is 5. The number of nitrogen functional groups attached to an aromatic ring is 1. The molecule has 0 aromatic heterocycles. The van der Waals surface area contributed by atoms with E-state index in [0.717, 1.165) is 11.8 Å². The molecule has 2 aromatic carbocycles. The summed E-state index contributed by atoms with van der Waals surface area (Å²) in [5, 5.41) is 0.329. The Bertz CT molecular complexity index is 951. The van der Waals surface area contributed by atoms with Crippen LogP contribution in [0.5, 0.6) is 0 Å². The molecule has 0 atom stereocenters. The van der Waals surface area contributed by atoms with Crippen LogP contribution >= 0.6 is 23.4 Å². The fourth-order valence-corrected chi connectivity index (χ4v) is 4.95. The van der Waals surface area contributed by atoms with Crippen molar-refractivity contribution in [3.8, 4) is 0 Å². The van der Waals surface area contributed by atoms with Gasteiger partial charge in [0.2, 0.25) is 5.78 Å². The van der Waals surface area contributed by atoms with Crippen molar-refractivity contribution >= 4 is 49.9 Å². The number of thioether (sulfide) groups is 1. The van der Waals surface area contributed by atoms with Gasteiger partial charge in [0.25, 0.3) is 10.0 Å². The van der Waals surface area contributed by atoms with Gasteiger partial charge in [-0.15, -0.1) is 4.40 Å². The second-order valence-electron chi connectivity index (χ2n) is 4.97. The largest absolute Gasteiger partial charge is 0.399 e. The smallest absolute Gasteiger partial charge is 0.284 e. The third kappa shape index (κ3) is 2.99. The van der Waals surface area contributed by atoms with Gasteiger partial charge in [-0.1, -0.05) is 23.4 Å². The summed E-state index contributed by atoms with van der Waals surface area (Å²) >= 11 is 7.05. The lowest BCUT2D eigenvalue weighted by atomic mass is 10.1. The lowest BCUT2D eigenvalue weighted by molar-refractivity contribution is 0.106. The number of halogens is 1. The van der Waals surface area contributed by atoms with E-state index in [0.29, 0.717) is 26.7 Å². The minimum absolute atomic E-state index is 0.0678. The number of carbonyl (C=O) groups excluding carboxylic acids is 1. The highest BCUT2D eigenvalue weighted by Crippen LogP contribution is 2.38. The number of nitrogens with two attached hydrogens (primary N) is 1. The first kappa shape index (κ1) is 16.0. The summed E-state index contributed by atoms with van der Waals surface area (Å²) < 4.78 is 28.3. The molecule has 0 saturated carbocycles. The number of hydrogen-bond donors (Lipinski definition) is 1. The Hall–Kier alpha value is -1.83. The standard InChI is InChI=1S/C15H11ClN2O3S2/c1-8-6-13-12(7-11(8)16)22-15(18-23(13,20)21)14(19)9-2-4-10(17)5-3-9/h2-7H,17H2,1H3. The van der Waals surface area contributed by atoms with Gasteiger partial charge in [-0.05, 0) is 48.9 Å². The second kappa shape index (κ2) is 5.67. The molecule has 23 heavy (non-hydrogen) atoms. The molecule has 8 heteroatoms. The quantitative estimate of drug-likeness (QED) is 0.650.